The fourth-order valence-corrected chi connectivity index (χ4v) is 2.90. The summed E-state index contributed by atoms with van der Waals surface area (Å²) in [6.45, 7) is 0.140. The Morgan fingerprint density at radius 2 is 2.09 bits per heavy atom. The molecule has 1 aliphatic rings. The van der Waals surface area contributed by atoms with Crippen LogP contribution in [-0.4, -0.2) is 33.9 Å². The van der Waals surface area contributed by atoms with Crippen LogP contribution in [0.15, 0.2) is 33.7 Å². The van der Waals surface area contributed by atoms with Gasteiger partial charge in [-0.05, 0) is 19.2 Å². The molecule has 5 N–H and O–H groups in total. The quantitative estimate of drug-likeness (QED) is 0.509. The van der Waals surface area contributed by atoms with Crippen LogP contribution in [0.5, 0.6) is 5.75 Å². The highest BCUT2D eigenvalue weighted by atomic mass is 32.2. The van der Waals surface area contributed by atoms with Crippen molar-refractivity contribution in [3.05, 3.63) is 29.3 Å². The van der Waals surface area contributed by atoms with E-state index in [0.29, 0.717) is 11.1 Å². The average Bonchev–Trinajstić information content (AvgIpc) is 2.68. The number of aliphatic imine (C=N–C) groups is 1. The molecule has 1 aliphatic heterocycles. The summed E-state index contributed by atoms with van der Waals surface area (Å²) >= 11 is 0. The van der Waals surface area contributed by atoms with Crippen LogP contribution >= 0.6 is 0 Å². The van der Waals surface area contributed by atoms with E-state index in [1.54, 1.807) is 12.1 Å². The smallest absolute Gasteiger partial charge is 0.276 e. The van der Waals surface area contributed by atoms with Gasteiger partial charge >= 0.3 is 0 Å². The van der Waals surface area contributed by atoms with Crippen molar-refractivity contribution in [1.82, 2.24) is 4.72 Å². The lowest BCUT2D eigenvalue weighted by atomic mass is 10.1. The molecule has 1 aromatic rings. The van der Waals surface area contributed by atoms with Gasteiger partial charge < -0.3 is 16.2 Å². The summed E-state index contributed by atoms with van der Waals surface area (Å²) in [5, 5.41) is 0. The van der Waals surface area contributed by atoms with Gasteiger partial charge in [0.15, 0.2) is 5.96 Å². The Bertz CT molecular complexity index is 764. The third-order valence-corrected chi connectivity index (χ3v) is 4.46. The Morgan fingerprint density at radius 3 is 2.73 bits per heavy atom. The first-order valence-electron chi connectivity index (χ1n) is 6.39. The Morgan fingerprint density at radius 1 is 1.36 bits per heavy atom. The zero-order valence-electron chi connectivity index (χ0n) is 11.9. The summed E-state index contributed by atoms with van der Waals surface area (Å²) < 4.78 is 31.8. The number of hydrogen-bond donors (Lipinski definition) is 3. The fourth-order valence-electron chi connectivity index (χ4n) is 2.00. The van der Waals surface area contributed by atoms with Crippen molar-refractivity contribution in [3.8, 4) is 5.75 Å². The second-order valence-corrected chi connectivity index (χ2v) is 6.35. The summed E-state index contributed by atoms with van der Waals surface area (Å²) in [7, 11) is -2.35. The first kappa shape index (κ1) is 16.0. The topological polar surface area (TPSA) is 137 Å². The largest absolute Gasteiger partial charge is 0.491 e. The minimum atomic E-state index is -3.67. The first-order chi connectivity index (χ1) is 10.3. The normalized spacial score (nSPS) is 14.1. The molecule has 0 aromatic heterocycles. The summed E-state index contributed by atoms with van der Waals surface area (Å²) in [4.78, 5) is 15.4. The van der Waals surface area contributed by atoms with Crippen molar-refractivity contribution >= 4 is 28.0 Å². The number of benzene rings is 1. The van der Waals surface area contributed by atoms with Crippen molar-refractivity contribution in [3.63, 3.8) is 0 Å². The molecule has 9 heteroatoms. The van der Waals surface area contributed by atoms with Gasteiger partial charge in [0.2, 0.25) is 10.0 Å². The van der Waals surface area contributed by atoms with E-state index in [2.05, 4.69) is 9.71 Å². The predicted octanol–water partition coefficient (Wildman–Crippen LogP) is -0.439. The van der Waals surface area contributed by atoms with E-state index < -0.39 is 15.9 Å². The minimum absolute atomic E-state index is 0.0132. The first-order valence-corrected chi connectivity index (χ1v) is 7.87. The van der Waals surface area contributed by atoms with Gasteiger partial charge in [0.1, 0.15) is 10.6 Å². The number of nitrogens with two attached hydrogens (primary N) is 2. The number of carbonyl (C=O) groups excluding carboxylic acids is 1. The number of guanidine groups is 1. The van der Waals surface area contributed by atoms with Gasteiger partial charge in [-0.25, -0.2) is 13.1 Å². The van der Waals surface area contributed by atoms with Crippen LogP contribution in [0, 0.1) is 0 Å². The number of sulfonamides is 1. The van der Waals surface area contributed by atoms with Gasteiger partial charge in [-0.15, -0.1) is 0 Å². The molecular weight excluding hydrogens is 308 g/mol. The number of amides is 1. The predicted molar refractivity (Wildman–Crippen MR) is 81.6 cm³/mol. The standard InChI is InChI=1S/C13H16N4O4S/c1-16-22(19,20)10-4-2-3-8-7-9(5-6-21-11(8)10)12(18)17-13(14)15/h2-4,7,16H,5-6H2,1H3,(H4,14,15,17,18). The lowest BCUT2D eigenvalue weighted by Crippen LogP contribution is -2.24. The lowest BCUT2D eigenvalue weighted by Gasteiger charge is -2.11. The van der Waals surface area contributed by atoms with Gasteiger partial charge in [-0.2, -0.15) is 4.99 Å². The molecular formula is C13H16N4O4S. The third-order valence-electron chi connectivity index (χ3n) is 3.02. The Labute approximate surface area is 127 Å². The lowest BCUT2D eigenvalue weighted by molar-refractivity contribution is -0.114. The number of para-hydroxylation sites is 1. The van der Waals surface area contributed by atoms with E-state index in [4.69, 9.17) is 16.2 Å². The van der Waals surface area contributed by atoms with Gasteiger partial charge in [-0.3, -0.25) is 4.79 Å². The van der Waals surface area contributed by atoms with Crippen molar-refractivity contribution in [2.24, 2.45) is 16.5 Å². The van der Waals surface area contributed by atoms with Crippen LogP contribution in [0.3, 0.4) is 0 Å². The van der Waals surface area contributed by atoms with Crippen LogP contribution in [0.4, 0.5) is 0 Å². The van der Waals surface area contributed by atoms with Gasteiger partial charge in [-0.1, -0.05) is 12.1 Å². The van der Waals surface area contributed by atoms with Gasteiger partial charge in [0.25, 0.3) is 5.91 Å². The zero-order chi connectivity index (χ0) is 16.3. The van der Waals surface area contributed by atoms with Crippen LogP contribution in [0.25, 0.3) is 6.08 Å². The van der Waals surface area contributed by atoms with Crippen LogP contribution in [-0.2, 0) is 14.8 Å². The number of carbonyl (C=O) groups is 1. The second kappa shape index (κ2) is 6.16. The second-order valence-electron chi connectivity index (χ2n) is 4.49. The molecule has 2 rings (SSSR count). The van der Waals surface area contributed by atoms with Crippen molar-refractivity contribution in [2.75, 3.05) is 13.7 Å². The Balaban J connectivity index is 2.54. The number of fused-ring (bicyclic) bond motifs is 1. The number of ether oxygens (including phenoxy) is 1. The highest BCUT2D eigenvalue weighted by Gasteiger charge is 2.23. The zero-order valence-corrected chi connectivity index (χ0v) is 12.7. The van der Waals surface area contributed by atoms with Crippen molar-refractivity contribution in [1.29, 1.82) is 0 Å². The molecule has 8 nitrogen and oxygen atoms in total. The van der Waals surface area contributed by atoms with E-state index in [0.717, 1.165) is 0 Å². The molecule has 0 unspecified atom stereocenters. The fraction of sp³-hybridized carbons (Fsp3) is 0.231. The number of rotatable bonds is 3. The molecule has 0 atom stereocenters. The van der Waals surface area contributed by atoms with Crippen LogP contribution in [0.1, 0.15) is 12.0 Å². The maximum absolute atomic E-state index is 12.0. The Kier molecular flexibility index (Phi) is 4.48. The van der Waals surface area contributed by atoms with E-state index in [-0.39, 0.29) is 29.6 Å². The maximum atomic E-state index is 12.0. The molecule has 1 amide bonds. The molecule has 1 aromatic carbocycles. The molecule has 0 radical (unpaired) electrons. The highest BCUT2D eigenvalue weighted by molar-refractivity contribution is 7.89. The molecule has 22 heavy (non-hydrogen) atoms. The van der Waals surface area contributed by atoms with Crippen molar-refractivity contribution in [2.45, 2.75) is 11.3 Å². The summed E-state index contributed by atoms with van der Waals surface area (Å²) in [6, 6.07) is 4.65. The Hall–Kier alpha value is -2.39. The summed E-state index contributed by atoms with van der Waals surface area (Å²) in [5.41, 5.74) is 11.2. The summed E-state index contributed by atoms with van der Waals surface area (Å²) in [6.07, 6.45) is 1.80. The number of hydrogen-bond acceptors (Lipinski definition) is 4. The molecule has 0 fully saturated rings. The minimum Gasteiger partial charge on any atom is -0.491 e. The van der Waals surface area contributed by atoms with Crippen LogP contribution in [0.2, 0.25) is 0 Å². The molecule has 118 valence electrons. The van der Waals surface area contributed by atoms with Gasteiger partial charge in [0, 0.05) is 17.6 Å². The molecule has 1 heterocycles. The number of nitrogens with one attached hydrogen (secondary N) is 1. The van der Waals surface area contributed by atoms with E-state index >= 15 is 0 Å². The maximum Gasteiger partial charge on any atom is 0.276 e. The van der Waals surface area contributed by atoms with Gasteiger partial charge in [0.05, 0.1) is 6.61 Å². The van der Waals surface area contributed by atoms with E-state index in [1.807, 2.05) is 0 Å². The monoisotopic (exact) mass is 324 g/mol. The molecule has 0 saturated carbocycles. The average molecular weight is 324 g/mol. The van der Waals surface area contributed by atoms with Crippen LogP contribution < -0.4 is 20.9 Å². The molecule has 0 aliphatic carbocycles. The van der Waals surface area contributed by atoms with E-state index in [9.17, 15) is 13.2 Å². The summed E-state index contributed by atoms with van der Waals surface area (Å²) in [5.74, 6) is -0.703. The molecule has 0 spiro atoms. The molecule has 0 saturated heterocycles. The third kappa shape index (κ3) is 3.26. The van der Waals surface area contributed by atoms with Crippen molar-refractivity contribution < 1.29 is 17.9 Å². The highest BCUT2D eigenvalue weighted by Crippen LogP contribution is 2.32. The van der Waals surface area contributed by atoms with E-state index in [1.165, 1.54) is 19.2 Å². The SMILES string of the molecule is CNS(=O)(=O)c1cccc2c1OCCC(C(=O)N=C(N)N)=C2. The molecule has 0 bridgehead atoms. The number of nitrogens with zero attached hydrogens (tertiary/aromatic N) is 1.